The maximum absolute atomic E-state index is 12.1. The van der Waals surface area contributed by atoms with Crippen LogP contribution in [0.3, 0.4) is 0 Å². The maximum Gasteiger partial charge on any atom is 0.251 e. The molecular weight excluding hydrogens is 290 g/mol. The van der Waals surface area contributed by atoms with Crippen molar-refractivity contribution in [1.29, 1.82) is 0 Å². The predicted octanol–water partition coefficient (Wildman–Crippen LogP) is 4.15. The van der Waals surface area contributed by atoms with Gasteiger partial charge in [0.2, 0.25) is 0 Å². The number of halogens is 1. The molecule has 0 aromatic heterocycles. The Labute approximate surface area is 117 Å². The van der Waals surface area contributed by atoms with Crippen molar-refractivity contribution in [2.24, 2.45) is 5.41 Å². The van der Waals surface area contributed by atoms with Crippen molar-refractivity contribution in [3.8, 4) is 0 Å². The summed E-state index contributed by atoms with van der Waals surface area (Å²) in [5.41, 5.74) is 1.17. The highest BCUT2D eigenvalue weighted by Crippen LogP contribution is 2.35. The van der Waals surface area contributed by atoms with E-state index in [4.69, 9.17) is 0 Å². The van der Waals surface area contributed by atoms with Gasteiger partial charge in [-0.25, -0.2) is 0 Å². The summed E-state index contributed by atoms with van der Waals surface area (Å²) in [6.45, 7) is 4.61. The smallest absolute Gasteiger partial charge is 0.251 e. The van der Waals surface area contributed by atoms with E-state index in [9.17, 15) is 4.79 Å². The highest BCUT2D eigenvalue weighted by molar-refractivity contribution is 9.10. The summed E-state index contributed by atoms with van der Waals surface area (Å²) in [5.74, 6) is 0.0426. The molecule has 1 aliphatic carbocycles. The van der Waals surface area contributed by atoms with Crippen LogP contribution in [0, 0.1) is 5.41 Å². The second kappa shape index (κ2) is 5.43. The van der Waals surface area contributed by atoms with Gasteiger partial charge in [-0.1, -0.05) is 35.8 Å². The molecule has 1 aromatic rings. The summed E-state index contributed by atoms with van der Waals surface area (Å²) in [5, 5.41) is 3.14. The second-order valence-corrected chi connectivity index (χ2v) is 6.84. The number of carbonyl (C=O) groups is 1. The molecule has 0 spiro atoms. The lowest BCUT2D eigenvalue weighted by atomic mass is 9.75. The van der Waals surface area contributed by atoms with E-state index in [-0.39, 0.29) is 5.91 Å². The maximum atomic E-state index is 12.1. The van der Waals surface area contributed by atoms with Gasteiger partial charge in [0.05, 0.1) is 0 Å². The lowest BCUT2D eigenvalue weighted by molar-refractivity contribution is 0.0909. The number of nitrogens with one attached hydrogen (secondary N) is 1. The third-order valence-corrected chi connectivity index (χ3v) is 4.25. The topological polar surface area (TPSA) is 29.1 Å². The fourth-order valence-corrected chi connectivity index (χ4v) is 2.84. The molecule has 1 amide bonds. The molecule has 2 rings (SSSR count). The van der Waals surface area contributed by atoms with E-state index in [2.05, 4.69) is 35.1 Å². The number of amides is 1. The van der Waals surface area contributed by atoms with Gasteiger partial charge in [-0.15, -0.1) is 0 Å². The standard InChI is InChI=1S/C15H20BrNO/c1-15(2)8-6-13(7-9-15)17-14(18)11-4-3-5-12(16)10-11/h3-5,10,13H,6-9H2,1-2H3,(H,17,18). The number of rotatable bonds is 2. The molecule has 0 atom stereocenters. The van der Waals surface area contributed by atoms with E-state index in [0.717, 1.165) is 22.9 Å². The van der Waals surface area contributed by atoms with Gasteiger partial charge in [0, 0.05) is 16.1 Å². The highest BCUT2D eigenvalue weighted by Gasteiger charge is 2.27. The summed E-state index contributed by atoms with van der Waals surface area (Å²) in [6, 6.07) is 7.88. The van der Waals surface area contributed by atoms with Crippen LogP contribution >= 0.6 is 15.9 Å². The Bertz CT molecular complexity index is 432. The minimum Gasteiger partial charge on any atom is -0.349 e. The zero-order chi connectivity index (χ0) is 13.2. The molecular formula is C15H20BrNO. The first-order valence-corrected chi connectivity index (χ1v) is 7.32. The van der Waals surface area contributed by atoms with Gasteiger partial charge in [-0.05, 0) is 49.3 Å². The normalized spacial score (nSPS) is 19.5. The molecule has 1 fully saturated rings. The van der Waals surface area contributed by atoms with Gasteiger partial charge >= 0.3 is 0 Å². The fraction of sp³-hybridized carbons (Fsp3) is 0.533. The average molecular weight is 310 g/mol. The van der Waals surface area contributed by atoms with Crippen LogP contribution in [0.1, 0.15) is 49.9 Å². The number of carbonyl (C=O) groups excluding carboxylic acids is 1. The first-order valence-electron chi connectivity index (χ1n) is 6.53. The first kappa shape index (κ1) is 13.6. The monoisotopic (exact) mass is 309 g/mol. The summed E-state index contributed by atoms with van der Waals surface area (Å²) in [7, 11) is 0. The van der Waals surface area contributed by atoms with Crippen LogP contribution in [-0.4, -0.2) is 11.9 Å². The van der Waals surface area contributed by atoms with E-state index in [1.807, 2.05) is 24.3 Å². The van der Waals surface area contributed by atoms with Crippen molar-refractivity contribution in [3.63, 3.8) is 0 Å². The summed E-state index contributed by atoms with van der Waals surface area (Å²) >= 11 is 3.39. The summed E-state index contributed by atoms with van der Waals surface area (Å²) in [6.07, 6.45) is 4.56. The molecule has 0 unspecified atom stereocenters. The molecule has 0 bridgehead atoms. The molecule has 0 aliphatic heterocycles. The quantitative estimate of drug-likeness (QED) is 0.873. The van der Waals surface area contributed by atoms with Crippen molar-refractivity contribution in [2.45, 2.75) is 45.6 Å². The highest BCUT2D eigenvalue weighted by atomic mass is 79.9. The predicted molar refractivity (Wildman–Crippen MR) is 77.6 cm³/mol. The van der Waals surface area contributed by atoms with E-state index >= 15 is 0 Å². The molecule has 98 valence electrons. The second-order valence-electron chi connectivity index (χ2n) is 5.92. The Hall–Kier alpha value is -0.830. The van der Waals surface area contributed by atoms with Crippen LogP contribution in [0.15, 0.2) is 28.7 Å². The average Bonchev–Trinajstić information content (AvgIpc) is 2.32. The number of hydrogen-bond donors (Lipinski definition) is 1. The van der Waals surface area contributed by atoms with Crippen LogP contribution in [0.4, 0.5) is 0 Å². The van der Waals surface area contributed by atoms with Crippen LogP contribution in [0.2, 0.25) is 0 Å². The lowest BCUT2D eigenvalue weighted by Gasteiger charge is -2.34. The molecule has 0 radical (unpaired) electrons. The molecule has 0 saturated heterocycles. The number of hydrogen-bond acceptors (Lipinski definition) is 1. The molecule has 1 saturated carbocycles. The Morgan fingerprint density at radius 3 is 2.61 bits per heavy atom. The van der Waals surface area contributed by atoms with E-state index < -0.39 is 0 Å². The molecule has 1 aromatic carbocycles. The van der Waals surface area contributed by atoms with Gasteiger partial charge < -0.3 is 5.32 Å². The van der Waals surface area contributed by atoms with Crippen molar-refractivity contribution in [1.82, 2.24) is 5.32 Å². The Morgan fingerprint density at radius 1 is 1.33 bits per heavy atom. The number of benzene rings is 1. The minimum atomic E-state index is 0.0426. The lowest BCUT2D eigenvalue weighted by Crippen LogP contribution is -2.39. The van der Waals surface area contributed by atoms with E-state index in [0.29, 0.717) is 11.5 Å². The molecule has 1 N–H and O–H groups in total. The van der Waals surface area contributed by atoms with Gasteiger partial charge in [0.25, 0.3) is 5.91 Å². The van der Waals surface area contributed by atoms with Crippen molar-refractivity contribution >= 4 is 21.8 Å². The zero-order valence-electron chi connectivity index (χ0n) is 11.0. The third-order valence-electron chi connectivity index (χ3n) is 3.76. The van der Waals surface area contributed by atoms with Gasteiger partial charge in [0.15, 0.2) is 0 Å². The van der Waals surface area contributed by atoms with Crippen molar-refractivity contribution in [2.75, 3.05) is 0 Å². The zero-order valence-corrected chi connectivity index (χ0v) is 12.6. The van der Waals surface area contributed by atoms with Crippen LogP contribution in [-0.2, 0) is 0 Å². The van der Waals surface area contributed by atoms with Gasteiger partial charge in [-0.3, -0.25) is 4.79 Å². The van der Waals surface area contributed by atoms with Gasteiger partial charge in [0.1, 0.15) is 0 Å². The van der Waals surface area contributed by atoms with Crippen LogP contribution in [0.5, 0.6) is 0 Å². The van der Waals surface area contributed by atoms with Crippen LogP contribution < -0.4 is 5.32 Å². The fourth-order valence-electron chi connectivity index (χ4n) is 2.44. The summed E-state index contributed by atoms with van der Waals surface area (Å²) in [4.78, 5) is 12.1. The van der Waals surface area contributed by atoms with Crippen molar-refractivity contribution < 1.29 is 4.79 Å². The Balaban J connectivity index is 1.93. The van der Waals surface area contributed by atoms with Crippen molar-refractivity contribution in [3.05, 3.63) is 34.3 Å². The molecule has 2 nitrogen and oxygen atoms in total. The molecule has 0 heterocycles. The van der Waals surface area contributed by atoms with Crippen LogP contribution in [0.25, 0.3) is 0 Å². The Morgan fingerprint density at radius 2 is 2.00 bits per heavy atom. The minimum absolute atomic E-state index is 0.0426. The molecule has 18 heavy (non-hydrogen) atoms. The van der Waals surface area contributed by atoms with Gasteiger partial charge in [-0.2, -0.15) is 0 Å². The Kier molecular flexibility index (Phi) is 4.10. The van der Waals surface area contributed by atoms with E-state index in [1.54, 1.807) is 0 Å². The summed E-state index contributed by atoms with van der Waals surface area (Å²) < 4.78 is 0.944. The SMILES string of the molecule is CC1(C)CCC(NC(=O)c2cccc(Br)c2)CC1. The van der Waals surface area contributed by atoms with E-state index in [1.165, 1.54) is 12.8 Å². The largest absolute Gasteiger partial charge is 0.349 e. The molecule has 1 aliphatic rings. The first-order chi connectivity index (χ1) is 8.46. The molecule has 3 heteroatoms. The third kappa shape index (κ3) is 3.58.